The molecule has 146 valence electrons. The molecule has 5 nitrogen and oxygen atoms in total. The molecule has 2 N–H and O–H groups in total. The molecular formula is C20H19ClF2N4O. The molecule has 3 rings (SSSR count). The van der Waals surface area contributed by atoms with Gasteiger partial charge in [0.2, 0.25) is 5.91 Å². The third-order valence-electron chi connectivity index (χ3n) is 4.83. The first-order valence-electron chi connectivity index (χ1n) is 8.77. The molecule has 8 heteroatoms. The molecule has 1 fully saturated rings. The summed E-state index contributed by atoms with van der Waals surface area (Å²) in [6, 6.07) is 10.2. The first-order valence-corrected chi connectivity index (χ1v) is 9.15. The molecule has 2 aromatic rings. The molecule has 0 unspecified atom stereocenters. The van der Waals surface area contributed by atoms with Crippen LogP contribution in [0.5, 0.6) is 0 Å². The second-order valence-corrected chi connectivity index (χ2v) is 7.16. The number of carbonyl (C=O) groups is 1. The van der Waals surface area contributed by atoms with E-state index in [0.717, 1.165) is 19.0 Å². The van der Waals surface area contributed by atoms with E-state index in [0.29, 0.717) is 21.8 Å². The topological polar surface area (TPSA) is 68.2 Å². The van der Waals surface area contributed by atoms with Crippen molar-refractivity contribution in [3.05, 3.63) is 64.2 Å². The molecular weight excluding hydrogens is 386 g/mol. The van der Waals surface area contributed by atoms with Gasteiger partial charge in [0.05, 0.1) is 17.8 Å². The van der Waals surface area contributed by atoms with Crippen molar-refractivity contribution >= 4 is 23.2 Å². The molecule has 2 aromatic carbocycles. The number of halogens is 3. The van der Waals surface area contributed by atoms with Gasteiger partial charge in [0.15, 0.2) is 11.6 Å². The zero-order chi connectivity index (χ0) is 20.3. The molecule has 0 saturated carbocycles. The van der Waals surface area contributed by atoms with Gasteiger partial charge >= 0.3 is 0 Å². The Morgan fingerprint density at radius 1 is 1.29 bits per heavy atom. The molecule has 0 aromatic heterocycles. The van der Waals surface area contributed by atoms with Crippen LogP contribution in [0.25, 0.3) is 0 Å². The van der Waals surface area contributed by atoms with Crippen LogP contribution in [0.1, 0.15) is 23.6 Å². The third-order valence-corrected chi connectivity index (χ3v) is 5.07. The number of likely N-dealkylation sites (N-methyl/N-ethyl adjacent to an activating group) is 1. The molecule has 0 aliphatic carbocycles. The molecule has 0 spiro atoms. The Balaban J connectivity index is 1.66. The Labute approximate surface area is 166 Å². The van der Waals surface area contributed by atoms with E-state index in [1.165, 1.54) is 18.2 Å². The number of rotatable bonds is 5. The van der Waals surface area contributed by atoms with Crippen LogP contribution in [0.4, 0.5) is 14.5 Å². The Kier molecular flexibility index (Phi) is 6.25. The van der Waals surface area contributed by atoms with E-state index in [4.69, 9.17) is 16.9 Å². The number of nitrogens with one attached hydrogen (secondary N) is 2. The number of likely N-dealkylation sites (tertiary alicyclic amines) is 1. The lowest BCUT2D eigenvalue weighted by Gasteiger charge is -2.26. The number of benzene rings is 2. The first-order chi connectivity index (χ1) is 13.4. The molecule has 0 bridgehead atoms. The second-order valence-electron chi connectivity index (χ2n) is 6.72. The molecule has 2 atom stereocenters. The highest BCUT2D eigenvalue weighted by Gasteiger charge is 2.33. The lowest BCUT2D eigenvalue weighted by Crippen LogP contribution is -2.39. The summed E-state index contributed by atoms with van der Waals surface area (Å²) in [4.78, 5) is 14.4. The summed E-state index contributed by atoms with van der Waals surface area (Å²) in [6.07, 6.45) is 0.758. The predicted molar refractivity (Wildman–Crippen MR) is 103 cm³/mol. The van der Waals surface area contributed by atoms with Gasteiger partial charge in [0.1, 0.15) is 6.07 Å². The summed E-state index contributed by atoms with van der Waals surface area (Å²) < 4.78 is 26.9. The average molecular weight is 405 g/mol. The Morgan fingerprint density at radius 2 is 2.07 bits per heavy atom. The number of nitrogens with zero attached hydrogens (tertiary/aromatic N) is 2. The van der Waals surface area contributed by atoms with E-state index in [9.17, 15) is 13.6 Å². The summed E-state index contributed by atoms with van der Waals surface area (Å²) >= 11 is 5.93. The SMILES string of the molecule is CN1CC[C@@H](NCC(=O)Nc2cc(Cl)ccc2C#N)[C@@H]1c1ccc(F)c(F)c1. The highest BCUT2D eigenvalue weighted by molar-refractivity contribution is 6.31. The van der Waals surface area contributed by atoms with E-state index < -0.39 is 11.6 Å². The van der Waals surface area contributed by atoms with Gasteiger partial charge in [-0.3, -0.25) is 9.69 Å². The maximum Gasteiger partial charge on any atom is 0.238 e. The van der Waals surface area contributed by atoms with Crippen LogP contribution in [-0.2, 0) is 4.79 Å². The fourth-order valence-corrected chi connectivity index (χ4v) is 3.65. The molecule has 1 aliphatic rings. The van der Waals surface area contributed by atoms with Crippen molar-refractivity contribution in [2.24, 2.45) is 0 Å². The number of hydrogen-bond donors (Lipinski definition) is 2. The first kappa shape index (κ1) is 20.2. The Bertz CT molecular complexity index is 931. The van der Waals surface area contributed by atoms with Gasteiger partial charge in [0, 0.05) is 23.7 Å². The lowest BCUT2D eigenvalue weighted by atomic mass is 10.00. The fourth-order valence-electron chi connectivity index (χ4n) is 3.48. The second kappa shape index (κ2) is 8.65. The zero-order valence-corrected chi connectivity index (χ0v) is 15.9. The predicted octanol–water partition coefficient (Wildman–Crippen LogP) is 3.46. The number of amides is 1. The van der Waals surface area contributed by atoms with E-state index >= 15 is 0 Å². The number of anilines is 1. The van der Waals surface area contributed by atoms with Gasteiger partial charge in [-0.25, -0.2) is 8.78 Å². The van der Waals surface area contributed by atoms with Crippen molar-refractivity contribution in [3.8, 4) is 6.07 Å². The van der Waals surface area contributed by atoms with Crippen LogP contribution in [-0.4, -0.2) is 37.0 Å². The van der Waals surface area contributed by atoms with Gasteiger partial charge in [-0.2, -0.15) is 5.26 Å². The summed E-state index contributed by atoms with van der Waals surface area (Å²) in [6.45, 7) is 0.770. The minimum atomic E-state index is -0.890. The highest BCUT2D eigenvalue weighted by Crippen LogP contribution is 2.31. The van der Waals surface area contributed by atoms with Gasteiger partial charge < -0.3 is 10.6 Å². The zero-order valence-electron chi connectivity index (χ0n) is 15.2. The lowest BCUT2D eigenvalue weighted by molar-refractivity contribution is -0.115. The molecule has 1 saturated heterocycles. The van der Waals surface area contributed by atoms with Crippen LogP contribution in [0, 0.1) is 23.0 Å². The quantitative estimate of drug-likeness (QED) is 0.800. The standard InChI is InChI=1S/C20H19ClF2N4O/c1-27-7-6-17(20(27)12-3-5-15(22)16(23)8-12)25-11-19(28)26-18-9-14(21)4-2-13(18)10-24/h2-5,8-9,17,20,25H,6-7,11H2,1H3,(H,26,28)/t17-,20+/m1/s1. The maximum atomic E-state index is 13.6. The molecule has 1 amide bonds. The largest absolute Gasteiger partial charge is 0.324 e. The van der Waals surface area contributed by atoms with E-state index in [2.05, 4.69) is 10.6 Å². The van der Waals surface area contributed by atoms with E-state index in [1.54, 1.807) is 12.1 Å². The maximum absolute atomic E-state index is 13.6. The van der Waals surface area contributed by atoms with Crippen molar-refractivity contribution in [2.75, 3.05) is 25.5 Å². The van der Waals surface area contributed by atoms with Crippen molar-refractivity contribution in [1.29, 1.82) is 5.26 Å². The third kappa shape index (κ3) is 4.47. The molecule has 0 radical (unpaired) electrons. The van der Waals surface area contributed by atoms with Crippen LogP contribution in [0.2, 0.25) is 5.02 Å². The summed E-state index contributed by atoms with van der Waals surface area (Å²) in [5, 5.41) is 15.4. The summed E-state index contributed by atoms with van der Waals surface area (Å²) in [5.41, 5.74) is 1.32. The van der Waals surface area contributed by atoms with E-state index in [1.807, 2.05) is 18.0 Å². The highest BCUT2D eigenvalue weighted by atomic mass is 35.5. The van der Waals surface area contributed by atoms with Gasteiger partial charge in [-0.05, 0) is 49.4 Å². The summed E-state index contributed by atoms with van der Waals surface area (Å²) in [5.74, 6) is -2.10. The molecule has 28 heavy (non-hydrogen) atoms. The number of hydrogen-bond acceptors (Lipinski definition) is 4. The van der Waals surface area contributed by atoms with Crippen molar-refractivity contribution in [1.82, 2.24) is 10.2 Å². The molecule has 1 aliphatic heterocycles. The fraction of sp³-hybridized carbons (Fsp3) is 0.300. The normalized spacial score (nSPS) is 19.4. The van der Waals surface area contributed by atoms with Gasteiger partial charge in [-0.15, -0.1) is 0 Å². The van der Waals surface area contributed by atoms with Crippen molar-refractivity contribution < 1.29 is 13.6 Å². The van der Waals surface area contributed by atoms with Crippen LogP contribution < -0.4 is 10.6 Å². The number of nitriles is 1. The smallest absolute Gasteiger partial charge is 0.238 e. The van der Waals surface area contributed by atoms with Crippen molar-refractivity contribution in [3.63, 3.8) is 0 Å². The Hall–Kier alpha value is -2.53. The van der Waals surface area contributed by atoms with Gasteiger partial charge in [0.25, 0.3) is 0 Å². The minimum absolute atomic E-state index is 0.00999. The van der Waals surface area contributed by atoms with Gasteiger partial charge in [-0.1, -0.05) is 17.7 Å². The Morgan fingerprint density at radius 3 is 2.79 bits per heavy atom. The monoisotopic (exact) mass is 404 g/mol. The summed E-state index contributed by atoms with van der Waals surface area (Å²) in [7, 11) is 1.90. The van der Waals surface area contributed by atoms with Crippen LogP contribution in [0.15, 0.2) is 36.4 Å². The minimum Gasteiger partial charge on any atom is -0.324 e. The molecule has 1 heterocycles. The van der Waals surface area contributed by atoms with E-state index in [-0.39, 0.29) is 24.5 Å². The van der Waals surface area contributed by atoms with Crippen LogP contribution >= 0.6 is 11.6 Å². The van der Waals surface area contributed by atoms with Crippen molar-refractivity contribution in [2.45, 2.75) is 18.5 Å². The number of carbonyl (C=O) groups excluding carboxylic acids is 1. The van der Waals surface area contributed by atoms with Crippen LogP contribution in [0.3, 0.4) is 0 Å². The average Bonchev–Trinajstić information content (AvgIpc) is 3.03.